The van der Waals surface area contributed by atoms with Crippen LogP contribution in [0.5, 0.6) is 0 Å². The summed E-state index contributed by atoms with van der Waals surface area (Å²) >= 11 is 0. The van der Waals surface area contributed by atoms with Crippen molar-refractivity contribution in [1.82, 2.24) is 10.3 Å². The Bertz CT molecular complexity index is 410. The average Bonchev–Trinajstić information content (AvgIpc) is 3.20. The normalized spacial score (nSPS) is 27.8. The topological polar surface area (TPSA) is 24.9 Å². The molecule has 0 aromatic carbocycles. The van der Waals surface area contributed by atoms with Crippen molar-refractivity contribution in [3.8, 4) is 0 Å². The second kappa shape index (κ2) is 3.32. The Hall–Kier alpha value is -0.890. The molecule has 0 unspecified atom stereocenters. The monoisotopic (exact) mass is 228 g/mol. The number of pyridine rings is 1. The lowest BCUT2D eigenvalue weighted by Gasteiger charge is -2.49. The molecular weight excluding hydrogens is 208 g/mol. The van der Waals surface area contributed by atoms with Crippen LogP contribution in [0.15, 0.2) is 24.5 Å². The molecule has 90 valence electrons. The minimum atomic E-state index is 0.433. The van der Waals surface area contributed by atoms with Crippen LogP contribution in [0.4, 0.5) is 0 Å². The molecule has 0 radical (unpaired) electrons. The van der Waals surface area contributed by atoms with Crippen LogP contribution >= 0.6 is 0 Å². The summed E-state index contributed by atoms with van der Waals surface area (Å²) in [6.45, 7) is 1.18. The number of hydrogen-bond acceptors (Lipinski definition) is 2. The zero-order valence-corrected chi connectivity index (χ0v) is 10.3. The van der Waals surface area contributed by atoms with E-state index in [2.05, 4.69) is 22.4 Å². The smallest absolute Gasteiger partial charge is 0.0270 e. The molecule has 1 aromatic rings. The summed E-state index contributed by atoms with van der Waals surface area (Å²) in [5.41, 5.74) is 2.70. The molecule has 0 aliphatic heterocycles. The highest BCUT2D eigenvalue weighted by Crippen LogP contribution is 2.68. The van der Waals surface area contributed by atoms with Gasteiger partial charge in [0.25, 0.3) is 0 Å². The molecule has 0 amide bonds. The average molecular weight is 228 g/mol. The first-order chi connectivity index (χ1) is 8.30. The minimum absolute atomic E-state index is 0.433. The lowest BCUT2D eigenvalue weighted by molar-refractivity contribution is 0.115. The summed E-state index contributed by atoms with van der Waals surface area (Å²) in [5.74, 6) is 0. The van der Waals surface area contributed by atoms with Gasteiger partial charge in [0.1, 0.15) is 0 Å². The van der Waals surface area contributed by atoms with Crippen molar-refractivity contribution in [3.05, 3.63) is 30.1 Å². The maximum Gasteiger partial charge on any atom is 0.0270 e. The Morgan fingerprint density at radius 1 is 1.18 bits per heavy atom. The maximum atomic E-state index is 4.16. The number of nitrogens with one attached hydrogen (secondary N) is 1. The summed E-state index contributed by atoms with van der Waals surface area (Å²) in [5, 5.41) is 3.74. The van der Waals surface area contributed by atoms with Gasteiger partial charge in [-0.05, 0) is 61.6 Å². The van der Waals surface area contributed by atoms with Gasteiger partial charge in [0.15, 0.2) is 0 Å². The molecule has 1 aromatic heterocycles. The lowest BCUT2D eigenvalue weighted by atomic mass is 9.56. The predicted molar refractivity (Wildman–Crippen MR) is 67.8 cm³/mol. The van der Waals surface area contributed by atoms with Gasteiger partial charge in [0.2, 0.25) is 0 Å². The highest BCUT2D eigenvalue weighted by atomic mass is 15.0. The van der Waals surface area contributed by atoms with Crippen LogP contribution in [0, 0.1) is 5.41 Å². The number of hydrogen-bond donors (Lipinski definition) is 1. The van der Waals surface area contributed by atoms with Crippen molar-refractivity contribution in [2.24, 2.45) is 5.41 Å². The summed E-state index contributed by atoms with van der Waals surface area (Å²) in [6, 6.07) is 5.28. The van der Waals surface area contributed by atoms with E-state index >= 15 is 0 Å². The second-order valence-corrected chi connectivity index (χ2v) is 6.52. The van der Waals surface area contributed by atoms with E-state index in [0.29, 0.717) is 5.41 Å². The van der Waals surface area contributed by atoms with Gasteiger partial charge in [0, 0.05) is 30.4 Å². The largest absolute Gasteiger partial charge is 0.313 e. The van der Waals surface area contributed by atoms with E-state index in [9.17, 15) is 0 Å². The SMILES string of the molecule is c1cc(C2(CNC3CC3)CC3(CC3)C2)ccn1. The fourth-order valence-electron chi connectivity index (χ4n) is 3.68. The van der Waals surface area contributed by atoms with Gasteiger partial charge in [-0.3, -0.25) is 4.98 Å². The lowest BCUT2D eigenvalue weighted by Crippen LogP contribution is -2.50. The molecular formula is C15H20N2. The van der Waals surface area contributed by atoms with Crippen LogP contribution in [0.2, 0.25) is 0 Å². The van der Waals surface area contributed by atoms with E-state index in [0.717, 1.165) is 11.5 Å². The minimum Gasteiger partial charge on any atom is -0.313 e. The quantitative estimate of drug-likeness (QED) is 0.857. The van der Waals surface area contributed by atoms with Crippen molar-refractivity contribution in [1.29, 1.82) is 0 Å². The molecule has 1 spiro atoms. The molecule has 1 N–H and O–H groups in total. The second-order valence-electron chi connectivity index (χ2n) is 6.52. The van der Waals surface area contributed by atoms with E-state index in [1.54, 1.807) is 0 Å². The Morgan fingerprint density at radius 3 is 2.47 bits per heavy atom. The fourth-order valence-corrected chi connectivity index (χ4v) is 3.68. The molecule has 2 heteroatoms. The molecule has 0 saturated heterocycles. The Balaban J connectivity index is 1.55. The molecule has 0 bridgehead atoms. The van der Waals surface area contributed by atoms with E-state index < -0.39 is 0 Å². The van der Waals surface area contributed by atoms with Crippen LogP contribution in [-0.4, -0.2) is 17.6 Å². The van der Waals surface area contributed by atoms with Crippen molar-refractivity contribution in [2.45, 2.75) is 50.0 Å². The van der Waals surface area contributed by atoms with Crippen LogP contribution in [0.3, 0.4) is 0 Å². The summed E-state index contributed by atoms with van der Waals surface area (Å²) < 4.78 is 0. The van der Waals surface area contributed by atoms with Crippen molar-refractivity contribution in [3.63, 3.8) is 0 Å². The first-order valence-electron chi connectivity index (χ1n) is 6.94. The van der Waals surface area contributed by atoms with Gasteiger partial charge >= 0.3 is 0 Å². The molecule has 2 nitrogen and oxygen atoms in total. The molecule has 4 rings (SSSR count). The molecule has 3 fully saturated rings. The van der Waals surface area contributed by atoms with Crippen molar-refractivity contribution >= 4 is 0 Å². The highest BCUT2D eigenvalue weighted by Gasteiger charge is 2.61. The van der Waals surface area contributed by atoms with E-state index in [-0.39, 0.29) is 0 Å². The van der Waals surface area contributed by atoms with Gasteiger partial charge in [-0.15, -0.1) is 0 Å². The third-order valence-corrected chi connectivity index (χ3v) is 4.98. The molecule has 17 heavy (non-hydrogen) atoms. The Labute approximate surface area is 103 Å². The van der Waals surface area contributed by atoms with Gasteiger partial charge in [0.05, 0.1) is 0 Å². The molecule has 3 aliphatic rings. The van der Waals surface area contributed by atoms with Crippen molar-refractivity contribution in [2.75, 3.05) is 6.54 Å². The molecule has 1 heterocycles. The van der Waals surface area contributed by atoms with Crippen LogP contribution < -0.4 is 5.32 Å². The standard InChI is InChI=1S/C15H20N2/c1-2-13(1)17-11-15(9-14(10-15)5-6-14)12-3-7-16-8-4-12/h3-4,7-8,13,17H,1-2,5-6,9-11H2. The zero-order chi connectivity index (χ0) is 11.3. The maximum absolute atomic E-state index is 4.16. The van der Waals surface area contributed by atoms with Gasteiger partial charge in [-0.2, -0.15) is 0 Å². The molecule has 3 saturated carbocycles. The van der Waals surface area contributed by atoms with E-state index in [1.807, 2.05) is 12.4 Å². The summed E-state index contributed by atoms with van der Waals surface area (Å²) in [4.78, 5) is 4.16. The summed E-state index contributed by atoms with van der Waals surface area (Å²) in [7, 11) is 0. The Morgan fingerprint density at radius 2 is 1.88 bits per heavy atom. The van der Waals surface area contributed by atoms with Crippen LogP contribution in [-0.2, 0) is 5.41 Å². The van der Waals surface area contributed by atoms with Gasteiger partial charge in [-0.25, -0.2) is 0 Å². The van der Waals surface area contributed by atoms with Crippen LogP contribution in [0.25, 0.3) is 0 Å². The highest BCUT2D eigenvalue weighted by molar-refractivity contribution is 5.32. The van der Waals surface area contributed by atoms with Gasteiger partial charge in [-0.1, -0.05) is 0 Å². The zero-order valence-electron chi connectivity index (χ0n) is 10.3. The number of aromatic nitrogens is 1. The molecule has 3 aliphatic carbocycles. The first-order valence-corrected chi connectivity index (χ1v) is 6.94. The van der Waals surface area contributed by atoms with Gasteiger partial charge < -0.3 is 5.32 Å². The summed E-state index contributed by atoms with van der Waals surface area (Å²) in [6.07, 6.45) is 12.4. The predicted octanol–water partition coefficient (Wildman–Crippen LogP) is 2.65. The molecule has 0 atom stereocenters. The van der Waals surface area contributed by atoms with Crippen molar-refractivity contribution < 1.29 is 0 Å². The van der Waals surface area contributed by atoms with E-state index in [1.165, 1.54) is 50.6 Å². The third kappa shape index (κ3) is 1.70. The third-order valence-electron chi connectivity index (χ3n) is 4.98. The van der Waals surface area contributed by atoms with E-state index in [4.69, 9.17) is 0 Å². The number of nitrogens with zero attached hydrogens (tertiary/aromatic N) is 1. The first kappa shape index (κ1) is 10.1. The Kier molecular flexibility index (Phi) is 1.97. The number of rotatable bonds is 4. The van der Waals surface area contributed by atoms with Crippen LogP contribution in [0.1, 0.15) is 44.1 Å². The fraction of sp³-hybridized carbons (Fsp3) is 0.667.